The van der Waals surface area contributed by atoms with Crippen LogP contribution in [0.3, 0.4) is 0 Å². The fraction of sp³-hybridized carbons (Fsp3) is 0.464. The summed E-state index contributed by atoms with van der Waals surface area (Å²) in [5.41, 5.74) is 0.753. The summed E-state index contributed by atoms with van der Waals surface area (Å²) >= 11 is 0. The highest BCUT2D eigenvalue weighted by Gasteiger charge is 2.49. The number of esters is 1. The van der Waals surface area contributed by atoms with E-state index in [1.54, 1.807) is 0 Å². The normalized spacial score (nSPS) is 13.2. The Morgan fingerprint density at radius 1 is 0.875 bits per heavy atom. The molecule has 2 aromatic carbocycles. The molecule has 174 valence electrons. The fourth-order valence-electron chi connectivity index (χ4n) is 3.92. The third-order valence-corrected chi connectivity index (χ3v) is 10.8. The minimum atomic E-state index is -2.47. The van der Waals surface area contributed by atoms with Gasteiger partial charge in [-0.05, 0) is 62.0 Å². The molecule has 0 N–H and O–H groups in total. The van der Waals surface area contributed by atoms with Crippen LogP contribution < -0.4 is 10.4 Å². The summed E-state index contributed by atoms with van der Waals surface area (Å²) in [6, 6.07) is 21.5. The van der Waals surface area contributed by atoms with E-state index < -0.39 is 13.7 Å². The van der Waals surface area contributed by atoms with Crippen LogP contribution in [0.4, 0.5) is 0 Å². The van der Waals surface area contributed by atoms with Gasteiger partial charge >= 0.3 is 5.97 Å². The van der Waals surface area contributed by atoms with Crippen molar-refractivity contribution in [3.8, 4) is 0 Å². The lowest BCUT2D eigenvalue weighted by Gasteiger charge is -2.43. The van der Waals surface area contributed by atoms with Crippen molar-refractivity contribution in [2.24, 2.45) is 5.41 Å². The van der Waals surface area contributed by atoms with E-state index in [2.05, 4.69) is 88.4 Å². The number of ether oxygens (including phenoxy) is 1. The van der Waals surface area contributed by atoms with Gasteiger partial charge < -0.3 is 9.16 Å². The van der Waals surface area contributed by atoms with Crippen molar-refractivity contribution in [1.82, 2.24) is 0 Å². The quantitative estimate of drug-likeness (QED) is 0.206. The average Bonchev–Trinajstić information content (AvgIpc) is 2.73. The second-order valence-electron chi connectivity index (χ2n) is 10.5. The Bertz CT molecular complexity index is 835. The molecule has 2 rings (SSSR count). The van der Waals surface area contributed by atoms with Crippen LogP contribution in [0.5, 0.6) is 0 Å². The van der Waals surface area contributed by atoms with Gasteiger partial charge in [-0.15, -0.1) is 0 Å². The van der Waals surface area contributed by atoms with Gasteiger partial charge in [0.25, 0.3) is 8.32 Å². The number of rotatable bonds is 9. The van der Waals surface area contributed by atoms with Crippen LogP contribution in [0.25, 0.3) is 0 Å². The Morgan fingerprint density at radius 3 is 1.81 bits per heavy atom. The molecule has 0 aliphatic carbocycles. The molecule has 0 amide bonds. The predicted molar refractivity (Wildman–Crippen MR) is 137 cm³/mol. The van der Waals surface area contributed by atoms with Gasteiger partial charge in [0, 0.05) is 6.61 Å². The van der Waals surface area contributed by atoms with Crippen LogP contribution in [-0.4, -0.2) is 27.5 Å². The highest BCUT2D eigenvalue weighted by molar-refractivity contribution is 6.99. The van der Waals surface area contributed by atoms with Crippen LogP contribution in [0.2, 0.25) is 5.04 Å². The van der Waals surface area contributed by atoms with Gasteiger partial charge in [-0.3, -0.25) is 4.79 Å². The van der Waals surface area contributed by atoms with Gasteiger partial charge in [0.2, 0.25) is 0 Å². The number of hydrogen-bond donors (Lipinski definition) is 0. The van der Waals surface area contributed by atoms with E-state index in [0.29, 0.717) is 13.2 Å². The number of allylic oxidation sites excluding steroid dienone is 1. The van der Waals surface area contributed by atoms with Crippen LogP contribution in [0.1, 0.15) is 61.3 Å². The maximum absolute atomic E-state index is 11.9. The molecule has 4 heteroatoms. The Hall–Kier alpha value is -2.17. The molecular formula is C28H40O3Si. The molecule has 2 aromatic rings. The van der Waals surface area contributed by atoms with Crippen molar-refractivity contribution < 1.29 is 14.0 Å². The topological polar surface area (TPSA) is 35.5 Å². The molecule has 0 saturated carbocycles. The van der Waals surface area contributed by atoms with Crippen molar-refractivity contribution in [3.63, 3.8) is 0 Å². The highest BCUT2D eigenvalue weighted by atomic mass is 28.4. The molecule has 0 saturated heterocycles. The number of benzene rings is 2. The fourth-order valence-corrected chi connectivity index (χ4v) is 8.52. The summed E-state index contributed by atoms with van der Waals surface area (Å²) in [6.45, 7) is 15.6. The van der Waals surface area contributed by atoms with Gasteiger partial charge in [0.05, 0.1) is 5.41 Å². The molecule has 0 spiro atoms. The number of carbonyl (C=O) groups is 1. The zero-order chi connectivity index (χ0) is 23.8. The number of hydrogen-bond acceptors (Lipinski definition) is 3. The van der Waals surface area contributed by atoms with Crippen molar-refractivity contribution in [2.45, 2.75) is 66.3 Å². The van der Waals surface area contributed by atoms with Gasteiger partial charge in [-0.1, -0.05) is 87.0 Å². The van der Waals surface area contributed by atoms with Gasteiger partial charge in [0.15, 0.2) is 0 Å². The Kier molecular flexibility index (Phi) is 9.05. The summed E-state index contributed by atoms with van der Waals surface area (Å²) in [5.74, 6) is -0.170. The second kappa shape index (κ2) is 11.1. The van der Waals surface area contributed by atoms with E-state index in [1.165, 1.54) is 15.9 Å². The molecule has 0 aromatic heterocycles. The molecular weight excluding hydrogens is 412 g/mol. The first-order valence-electron chi connectivity index (χ1n) is 11.6. The predicted octanol–water partition coefficient (Wildman–Crippen LogP) is 5.88. The van der Waals surface area contributed by atoms with Crippen molar-refractivity contribution in [3.05, 3.63) is 72.3 Å². The number of carbonyl (C=O) groups excluding carboxylic acids is 1. The van der Waals surface area contributed by atoms with E-state index in [-0.39, 0.29) is 11.0 Å². The molecule has 0 fully saturated rings. The first kappa shape index (κ1) is 26.1. The first-order valence-corrected chi connectivity index (χ1v) is 13.5. The Balaban J connectivity index is 2.10. The monoisotopic (exact) mass is 452 g/mol. The smallest absolute Gasteiger partial charge is 0.311 e. The van der Waals surface area contributed by atoms with E-state index in [9.17, 15) is 4.79 Å². The van der Waals surface area contributed by atoms with Crippen LogP contribution in [-0.2, 0) is 14.0 Å². The van der Waals surface area contributed by atoms with Crippen LogP contribution in [0.15, 0.2) is 72.3 Å². The van der Waals surface area contributed by atoms with E-state index in [0.717, 1.165) is 12.8 Å². The maximum atomic E-state index is 11.9. The second-order valence-corrected chi connectivity index (χ2v) is 14.8. The SMILES string of the molecule is C/C(=C/COC(=O)C(C)(C)C)CCCO[Si](c1ccccc1)(c1ccccc1)C(C)(C)C. The van der Waals surface area contributed by atoms with Gasteiger partial charge in [-0.2, -0.15) is 0 Å². The largest absolute Gasteiger partial charge is 0.461 e. The molecule has 0 aliphatic heterocycles. The van der Waals surface area contributed by atoms with E-state index in [4.69, 9.17) is 9.16 Å². The molecule has 0 bridgehead atoms. The minimum Gasteiger partial charge on any atom is -0.461 e. The lowest BCUT2D eigenvalue weighted by atomic mass is 9.97. The minimum absolute atomic E-state index is 0.0122. The van der Waals surface area contributed by atoms with E-state index in [1.807, 2.05) is 26.8 Å². The molecule has 32 heavy (non-hydrogen) atoms. The summed E-state index contributed by atoms with van der Waals surface area (Å²) in [6.07, 6.45) is 3.86. The Labute approximate surface area is 196 Å². The highest BCUT2D eigenvalue weighted by Crippen LogP contribution is 2.36. The molecule has 3 nitrogen and oxygen atoms in total. The molecule has 0 unspecified atom stereocenters. The maximum Gasteiger partial charge on any atom is 0.311 e. The third kappa shape index (κ3) is 6.66. The Morgan fingerprint density at radius 2 is 1.38 bits per heavy atom. The first-order chi connectivity index (χ1) is 15.0. The van der Waals surface area contributed by atoms with Crippen molar-refractivity contribution in [1.29, 1.82) is 0 Å². The molecule has 0 atom stereocenters. The zero-order valence-electron chi connectivity index (χ0n) is 20.9. The summed E-state index contributed by atoms with van der Waals surface area (Å²) in [4.78, 5) is 11.9. The van der Waals surface area contributed by atoms with Gasteiger partial charge in [-0.25, -0.2) is 0 Å². The summed E-state index contributed by atoms with van der Waals surface area (Å²) < 4.78 is 12.3. The lowest BCUT2D eigenvalue weighted by Crippen LogP contribution is -2.66. The van der Waals surface area contributed by atoms with E-state index >= 15 is 0 Å². The average molecular weight is 453 g/mol. The molecule has 0 aliphatic rings. The van der Waals surface area contributed by atoms with Crippen LogP contribution >= 0.6 is 0 Å². The summed E-state index contributed by atoms with van der Waals surface area (Å²) in [7, 11) is -2.47. The molecule has 0 radical (unpaired) electrons. The zero-order valence-corrected chi connectivity index (χ0v) is 21.9. The lowest BCUT2D eigenvalue weighted by molar-refractivity contribution is -0.151. The molecule has 0 heterocycles. The van der Waals surface area contributed by atoms with Crippen LogP contribution in [0, 0.1) is 5.41 Å². The standard InChI is InChI=1S/C28H40O3Si/c1-23(20-22-30-26(29)27(2,3)4)15-14-21-31-32(28(5,6)7,24-16-10-8-11-17-24)25-18-12-9-13-19-25/h8-13,16-20H,14-15,21-22H2,1-7H3/b23-20-. The third-order valence-electron chi connectivity index (χ3n) is 5.71. The van der Waals surface area contributed by atoms with Gasteiger partial charge in [0.1, 0.15) is 6.61 Å². The summed E-state index contributed by atoms with van der Waals surface area (Å²) in [5, 5.41) is 2.60. The van der Waals surface area contributed by atoms with Crippen molar-refractivity contribution in [2.75, 3.05) is 13.2 Å². The van der Waals surface area contributed by atoms with Crippen molar-refractivity contribution >= 4 is 24.7 Å².